The van der Waals surface area contributed by atoms with E-state index in [0.717, 1.165) is 38.6 Å². The maximum Gasteiger partial charge on any atom is 0.272 e. The van der Waals surface area contributed by atoms with Crippen LogP contribution >= 0.6 is 0 Å². The molecule has 2 N–H and O–H groups in total. The molecule has 0 aliphatic heterocycles. The number of hydrazone groups is 1. The fourth-order valence-electron chi connectivity index (χ4n) is 3.54. The molecular formula is C25H18N4O. The monoisotopic (exact) mass is 390 g/mol. The molecule has 0 spiro atoms. The van der Waals surface area contributed by atoms with Crippen LogP contribution in [0.25, 0.3) is 33.1 Å². The van der Waals surface area contributed by atoms with Crippen molar-refractivity contribution in [3.63, 3.8) is 0 Å². The van der Waals surface area contributed by atoms with Crippen LogP contribution < -0.4 is 5.43 Å². The number of fused-ring (bicyclic) bond motifs is 2. The molecule has 0 fully saturated rings. The lowest BCUT2D eigenvalue weighted by Gasteiger charge is -2.09. The molecule has 3 aromatic carbocycles. The Labute approximate surface area is 173 Å². The van der Waals surface area contributed by atoms with Crippen molar-refractivity contribution in [1.82, 2.24) is 15.4 Å². The van der Waals surface area contributed by atoms with Gasteiger partial charge in [0.25, 0.3) is 5.91 Å². The SMILES string of the molecule is O=C(NN=Cc1c[nH]c2ccccc12)c1cc(-c2ccccc2)nc2ccccc12. The summed E-state index contributed by atoms with van der Waals surface area (Å²) in [5.41, 5.74) is 7.61. The third kappa shape index (κ3) is 3.33. The second-order valence-electron chi connectivity index (χ2n) is 6.93. The number of para-hydroxylation sites is 2. The minimum absolute atomic E-state index is 0.276. The highest BCUT2D eigenvalue weighted by atomic mass is 16.2. The molecule has 144 valence electrons. The number of nitrogens with zero attached hydrogens (tertiary/aromatic N) is 2. The van der Waals surface area contributed by atoms with Crippen molar-refractivity contribution in [3.8, 4) is 11.3 Å². The van der Waals surface area contributed by atoms with Crippen molar-refractivity contribution < 1.29 is 4.79 Å². The number of hydrogen-bond acceptors (Lipinski definition) is 3. The highest BCUT2D eigenvalue weighted by molar-refractivity contribution is 6.07. The summed E-state index contributed by atoms with van der Waals surface area (Å²) in [6, 6.07) is 27.2. The van der Waals surface area contributed by atoms with Crippen LogP contribution in [-0.4, -0.2) is 22.1 Å². The Balaban J connectivity index is 1.48. The van der Waals surface area contributed by atoms with E-state index in [9.17, 15) is 4.79 Å². The van der Waals surface area contributed by atoms with Gasteiger partial charge in [-0.25, -0.2) is 10.4 Å². The van der Waals surface area contributed by atoms with Crippen molar-refractivity contribution >= 4 is 33.9 Å². The first-order valence-electron chi connectivity index (χ1n) is 9.64. The minimum Gasteiger partial charge on any atom is -0.361 e. The Morgan fingerprint density at radius 3 is 2.50 bits per heavy atom. The first kappa shape index (κ1) is 17.8. The Bertz CT molecular complexity index is 1390. The Kier molecular flexibility index (Phi) is 4.54. The number of amides is 1. The van der Waals surface area contributed by atoms with Gasteiger partial charge < -0.3 is 4.98 Å². The average Bonchev–Trinajstić information content (AvgIpc) is 3.22. The van der Waals surface area contributed by atoms with Gasteiger partial charge in [0, 0.05) is 33.6 Å². The van der Waals surface area contributed by atoms with Crippen LogP contribution in [0.1, 0.15) is 15.9 Å². The first-order chi connectivity index (χ1) is 14.8. The maximum atomic E-state index is 13.0. The molecule has 2 heterocycles. The van der Waals surface area contributed by atoms with Crippen molar-refractivity contribution in [2.24, 2.45) is 5.10 Å². The van der Waals surface area contributed by atoms with Gasteiger partial charge >= 0.3 is 0 Å². The molecule has 2 aromatic heterocycles. The van der Waals surface area contributed by atoms with Crippen LogP contribution in [0, 0.1) is 0 Å². The summed E-state index contributed by atoms with van der Waals surface area (Å²) in [6.07, 6.45) is 3.52. The van der Waals surface area contributed by atoms with E-state index in [2.05, 4.69) is 15.5 Å². The zero-order chi connectivity index (χ0) is 20.3. The molecule has 5 rings (SSSR count). The molecule has 5 aromatic rings. The van der Waals surface area contributed by atoms with Crippen LogP contribution in [0.2, 0.25) is 0 Å². The zero-order valence-electron chi connectivity index (χ0n) is 16.0. The third-order valence-electron chi connectivity index (χ3n) is 5.02. The lowest BCUT2D eigenvalue weighted by molar-refractivity contribution is 0.0956. The van der Waals surface area contributed by atoms with Crippen molar-refractivity contribution in [2.75, 3.05) is 0 Å². The number of pyridine rings is 1. The molecule has 1 amide bonds. The van der Waals surface area contributed by atoms with Gasteiger partial charge in [0.2, 0.25) is 0 Å². The van der Waals surface area contributed by atoms with Gasteiger partial charge in [-0.05, 0) is 18.2 Å². The Morgan fingerprint density at radius 1 is 0.900 bits per heavy atom. The Hall–Kier alpha value is -4.25. The fraction of sp³-hybridized carbons (Fsp3) is 0. The van der Waals surface area contributed by atoms with Crippen molar-refractivity contribution in [2.45, 2.75) is 0 Å². The molecule has 0 radical (unpaired) electrons. The predicted octanol–water partition coefficient (Wildman–Crippen LogP) is 5.15. The van der Waals surface area contributed by atoms with E-state index < -0.39 is 0 Å². The summed E-state index contributed by atoms with van der Waals surface area (Å²) < 4.78 is 0. The molecular weight excluding hydrogens is 372 g/mol. The number of carbonyl (C=O) groups is 1. The number of carbonyl (C=O) groups excluding carboxylic acids is 1. The Morgan fingerprint density at radius 2 is 1.63 bits per heavy atom. The highest BCUT2D eigenvalue weighted by Crippen LogP contribution is 2.24. The molecule has 0 aliphatic carbocycles. The largest absolute Gasteiger partial charge is 0.361 e. The number of benzene rings is 3. The molecule has 0 saturated carbocycles. The number of hydrogen-bond donors (Lipinski definition) is 2. The molecule has 5 heteroatoms. The van der Waals surface area contributed by atoms with Gasteiger partial charge in [-0.15, -0.1) is 0 Å². The van der Waals surface area contributed by atoms with E-state index >= 15 is 0 Å². The standard InChI is InChI=1S/C25H18N4O/c30-25(29-27-16-18-15-26-22-12-6-4-10-19(18)22)21-14-24(17-8-2-1-3-9-17)28-23-13-7-5-11-20(21)23/h1-16,26H,(H,29,30). The quantitative estimate of drug-likeness (QED) is 0.329. The summed E-state index contributed by atoms with van der Waals surface area (Å²) in [6.45, 7) is 0. The zero-order valence-corrected chi connectivity index (χ0v) is 16.0. The van der Waals surface area contributed by atoms with Gasteiger partial charge in [-0.1, -0.05) is 66.7 Å². The minimum atomic E-state index is -0.276. The summed E-state index contributed by atoms with van der Waals surface area (Å²) in [4.78, 5) is 20.9. The second-order valence-corrected chi connectivity index (χ2v) is 6.93. The summed E-state index contributed by atoms with van der Waals surface area (Å²) in [7, 11) is 0. The first-order valence-corrected chi connectivity index (χ1v) is 9.64. The highest BCUT2D eigenvalue weighted by Gasteiger charge is 2.13. The summed E-state index contributed by atoms with van der Waals surface area (Å²) in [5.74, 6) is -0.276. The number of H-pyrrole nitrogens is 1. The molecule has 0 bridgehead atoms. The van der Waals surface area contributed by atoms with Crippen LogP contribution in [0.5, 0.6) is 0 Å². The third-order valence-corrected chi connectivity index (χ3v) is 5.02. The van der Waals surface area contributed by atoms with Crippen LogP contribution in [0.3, 0.4) is 0 Å². The van der Waals surface area contributed by atoms with E-state index in [1.165, 1.54) is 0 Å². The number of nitrogens with one attached hydrogen (secondary N) is 2. The van der Waals surface area contributed by atoms with Gasteiger partial charge in [-0.3, -0.25) is 4.79 Å². The van der Waals surface area contributed by atoms with Gasteiger partial charge in [-0.2, -0.15) is 5.10 Å². The molecule has 5 nitrogen and oxygen atoms in total. The maximum absolute atomic E-state index is 13.0. The van der Waals surface area contributed by atoms with Crippen molar-refractivity contribution in [1.29, 1.82) is 0 Å². The van der Waals surface area contributed by atoms with Crippen LogP contribution in [0.4, 0.5) is 0 Å². The van der Waals surface area contributed by atoms with Crippen LogP contribution in [0.15, 0.2) is 96.2 Å². The lowest BCUT2D eigenvalue weighted by Crippen LogP contribution is -2.18. The number of rotatable bonds is 4. The number of aromatic amines is 1. The second kappa shape index (κ2) is 7.64. The number of aromatic nitrogens is 2. The van der Waals surface area contributed by atoms with Gasteiger partial charge in [0.05, 0.1) is 23.0 Å². The lowest BCUT2D eigenvalue weighted by atomic mass is 10.0. The van der Waals surface area contributed by atoms with E-state index in [4.69, 9.17) is 4.98 Å². The topological polar surface area (TPSA) is 70.1 Å². The van der Waals surface area contributed by atoms with E-state index in [1.54, 1.807) is 6.21 Å². The van der Waals surface area contributed by atoms with Gasteiger partial charge in [0.1, 0.15) is 0 Å². The van der Waals surface area contributed by atoms with Crippen molar-refractivity contribution in [3.05, 3.63) is 102 Å². The van der Waals surface area contributed by atoms with E-state index in [1.807, 2.05) is 91.1 Å². The molecule has 0 saturated heterocycles. The molecule has 0 unspecified atom stereocenters. The smallest absolute Gasteiger partial charge is 0.272 e. The van der Waals surface area contributed by atoms with Gasteiger partial charge in [0.15, 0.2) is 0 Å². The van der Waals surface area contributed by atoms with Crippen LogP contribution in [-0.2, 0) is 0 Å². The molecule has 0 aliphatic rings. The normalized spacial score (nSPS) is 11.3. The molecule has 30 heavy (non-hydrogen) atoms. The van der Waals surface area contributed by atoms with E-state index in [0.29, 0.717) is 5.56 Å². The summed E-state index contributed by atoms with van der Waals surface area (Å²) in [5, 5.41) is 6.03. The summed E-state index contributed by atoms with van der Waals surface area (Å²) >= 11 is 0. The molecule has 0 atom stereocenters. The van der Waals surface area contributed by atoms with E-state index in [-0.39, 0.29) is 5.91 Å². The predicted molar refractivity (Wildman–Crippen MR) is 121 cm³/mol. The average molecular weight is 390 g/mol. The fourth-order valence-corrected chi connectivity index (χ4v) is 3.54.